The van der Waals surface area contributed by atoms with Gasteiger partial charge in [-0.1, -0.05) is 39.0 Å². The highest BCUT2D eigenvalue weighted by Crippen LogP contribution is 2.41. The first-order valence-electron chi connectivity index (χ1n) is 12.4. The smallest absolute Gasteiger partial charge is 0.420 e. The van der Waals surface area contributed by atoms with Crippen LogP contribution in [0.2, 0.25) is 0 Å². The fraction of sp³-hybridized carbons (Fsp3) is 0.444. The second-order valence-corrected chi connectivity index (χ2v) is 9.85. The van der Waals surface area contributed by atoms with Gasteiger partial charge in [0.15, 0.2) is 5.13 Å². The topological polar surface area (TPSA) is 58.6 Å². The number of benzene rings is 1. The van der Waals surface area contributed by atoms with Gasteiger partial charge in [0, 0.05) is 23.3 Å². The molecule has 0 N–H and O–H groups in total. The number of unbranched alkanes of at least 4 members (excludes halogenated alkanes) is 5. The number of amides is 1. The lowest BCUT2D eigenvalue weighted by molar-refractivity contribution is -0.139. The van der Waals surface area contributed by atoms with Crippen LogP contribution in [0.1, 0.15) is 51.0 Å². The molecule has 2 aromatic heterocycles. The van der Waals surface area contributed by atoms with Crippen LogP contribution < -0.4 is 9.64 Å². The Bertz CT molecular complexity index is 1140. The molecule has 0 spiro atoms. The Labute approximate surface area is 220 Å². The lowest BCUT2D eigenvalue weighted by Crippen LogP contribution is -2.34. The molecule has 0 aliphatic heterocycles. The van der Waals surface area contributed by atoms with E-state index in [2.05, 4.69) is 16.9 Å². The number of thiazole rings is 1. The molecule has 6 nitrogen and oxygen atoms in total. The van der Waals surface area contributed by atoms with Crippen molar-refractivity contribution < 1.29 is 22.7 Å². The third-order valence-corrected chi connectivity index (χ3v) is 6.45. The van der Waals surface area contributed by atoms with Gasteiger partial charge in [-0.25, -0.2) is 4.98 Å². The molecule has 0 fully saturated rings. The summed E-state index contributed by atoms with van der Waals surface area (Å²) >= 11 is 1.18. The SMILES string of the molecule is CCCCCCCCOc1ccc(N(C(=O)CN(C)C)c2nc(-c3cccnc3)cs2)cc1C(F)(F)F. The van der Waals surface area contributed by atoms with Crippen molar-refractivity contribution in [2.75, 3.05) is 32.1 Å². The lowest BCUT2D eigenvalue weighted by Gasteiger charge is -2.24. The number of anilines is 2. The number of likely N-dealkylation sites (N-methyl/N-ethyl adjacent to an activating group) is 1. The van der Waals surface area contributed by atoms with Gasteiger partial charge in [-0.2, -0.15) is 13.2 Å². The van der Waals surface area contributed by atoms with Crippen LogP contribution in [-0.4, -0.2) is 48.0 Å². The van der Waals surface area contributed by atoms with Gasteiger partial charge in [0.2, 0.25) is 5.91 Å². The molecule has 0 unspecified atom stereocenters. The van der Waals surface area contributed by atoms with E-state index in [4.69, 9.17) is 4.74 Å². The molecule has 0 saturated heterocycles. The fourth-order valence-corrected chi connectivity index (χ4v) is 4.65. The number of ether oxygens (including phenoxy) is 1. The fourth-order valence-electron chi connectivity index (χ4n) is 3.79. The van der Waals surface area contributed by atoms with E-state index in [1.807, 2.05) is 6.07 Å². The first kappa shape index (κ1) is 28.6. The number of aromatic nitrogens is 2. The predicted molar refractivity (Wildman–Crippen MR) is 141 cm³/mol. The Kier molecular flexibility index (Phi) is 10.5. The minimum Gasteiger partial charge on any atom is -0.493 e. The largest absolute Gasteiger partial charge is 0.493 e. The minimum absolute atomic E-state index is 0.000556. The Hall–Kier alpha value is -2.98. The Morgan fingerprint density at radius 1 is 1.08 bits per heavy atom. The molecule has 0 aliphatic rings. The molecule has 0 bridgehead atoms. The van der Waals surface area contributed by atoms with E-state index in [0.717, 1.165) is 43.7 Å². The molecule has 0 radical (unpaired) electrons. The van der Waals surface area contributed by atoms with E-state index >= 15 is 0 Å². The second kappa shape index (κ2) is 13.5. The number of carbonyl (C=O) groups is 1. The maximum absolute atomic E-state index is 14.0. The number of carbonyl (C=O) groups excluding carboxylic acids is 1. The summed E-state index contributed by atoms with van der Waals surface area (Å²) in [5.74, 6) is -0.633. The summed E-state index contributed by atoms with van der Waals surface area (Å²) < 4.78 is 47.6. The third kappa shape index (κ3) is 8.26. The van der Waals surface area contributed by atoms with Crippen LogP contribution in [0.3, 0.4) is 0 Å². The van der Waals surface area contributed by atoms with Crippen LogP contribution in [0.15, 0.2) is 48.1 Å². The molecule has 0 saturated carbocycles. The first-order valence-corrected chi connectivity index (χ1v) is 13.3. The summed E-state index contributed by atoms with van der Waals surface area (Å²) in [4.78, 5) is 24.7. The summed E-state index contributed by atoms with van der Waals surface area (Å²) in [6.45, 7) is 2.34. The van der Waals surface area contributed by atoms with Crippen LogP contribution in [0.25, 0.3) is 11.3 Å². The normalized spacial score (nSPS) is 11.6. The quantitative estimate of drug-likeness (QED) is 0.217. The minimum atomic E-state index is -4.65. The van der Waals surface area contributed by atoms with Crippen molar-refractivity contribution in [3.8, 4) is 17.0 Å². The van der Waals surface area contributed by atoms with Crippen LogP contribution in [0.4, 0.5) is 24.0 Å². The summed E-state index contributed by atoms with van der Waals surface area (Å²) in [5, 5.41) is 2.03. The standard InChI is InChI=1S/C27H33F3N4O2S/c1-4-5-6-7-8-9-15-36-24-13-12-21(16-22(24)27(28,29)30)34(25(35)18-33(2)3)26-32-23(19-37-26)20-11-10-14-31-17-20/h10-14,16-17,19H,4-9,15,18H2,1-3H3. The van der Waals surface area contributed by atoms with Crippen molar-refractivity contribution in [1.29, 1.82) is 0 Å². The lowest BCUT2D eigenvalue weighted by atomic mass is 10.1. The summed E-state index contributed by atoms with van der Waals surface area (Å²) in [5.41, 5.74) is 0.506. The second-order valence-electron chi connectivity index (χ2n) is 9.02. The van der Waals surface area contributed by atoms with Crippen molar-refractivity contribution in [3.05, 3.63) is 53.7 Å². The van der Waals surface area contributed by atoms with E-state index < -0.39 is 17.6 Å². The molecule has 10 heteroatoms. The summed E-state index contributed by atoms with van der Waals surface area (Å²) in [6.07, 6.45) is 4.69. The molecular formula is C27H33F3N4O2S. The van der Waals surface area contributed by atoms with Gasteiger partial charge in [0.1, 0.15) is 5.75 Å². The van der Waals surface area contributed by atoms with E-state index in [1.54, 1.807) is 42.8 Å². The molecule has 3 aromatic rings. The first-order chi connectivity index (χ1) is 17.7. The van der Waals surface area contributed by atoms with E-state index in [9.17, 15) is 18.0 Å². The van der Waals surface area contributed by atoms with Crippen molar-refractivity contribution in [2.45, 2.75) is 51.6 Å². The number of hydrogen-bond acceptors (Lipinski definition) is 6. The highest BCUT2D eigenvalue weighted by atomic mass is 32.1. The molecule has 0 aliphatic carbocycles. The molecule has 1 amide bonds. The number of nitrogens with zero attached hydrogens (tertiary/aromatic N) is 4. The van der Waals surface area contributed by atoms with Gasteiger partial charge >= 0.3 is 6.18 Å². The molecule has 3 rings (SSSR count). The molecule has 1 aromatic carbocycles. The van der Waals surface area contributed by atoms with Gasteiger partial charge in [0.25, 0.3) is 0 Å². The number of halogens is 3. The highest BCUT2D eigenvalue weighted by molar-refractivity contribution is 7.14. The Morgan fingerprint density at radius 2 is 1.84 bits per heavy atom. The predicted octanol–water partition coefficient (Wildman–Crippen LogP) is 7.19. The van der Waals surface area contributed by atoms with Crippen LogP contribution in [0, 0.1) is 0 Å². The summed E-state index contributed by atoms with van der Waals surface area (Å²) in [6, 6.07) is 7.33. The zero-order valence-corrected chi connectivity index (χ0v) is 22.2. The van der Waals surface area contributed by atoms with E-state index in [1.165, 1.54) is 28.4 Å². The van der Waals surface area contributed by atoms with Crippen molar-refractivity contribution >= 4 is 28.1 Å². The maximum atomic E-state index is 14.0. The van der Waals surface area contributed by atoms with Crippen LogP contribution >= 0.6 is 11.3 Å². The highest BCUT2D eigenvalue weighted by Gasteiger charge is 2.36. The number of hydrogen-bond donors (Lipinski definition) is 0. The number of rotatable bonds is 13. The molecule has 37 heavy (non-hydrogen) atoms. The summed E-state index contributed by atoms with van der Waals surface area (Å²) in [7, 11) is 3.44. The van der Waals surface area contributed by atoms with Gasteiger partial charge < -0.3 is 9.64 Å². The van der Waals surface area contributed by atoms with Gasteiger partial charge in [-0.15, -0.1) is 11.3 Å². The molecule has 200 valence electrons. The van der Waals surface area contributed by atoms with Crippen LogP contribution in [-0.2, 0) is 11.0 Å². The third-order valence-electron chi connectivity index (χ3n) is 5.62. The number of alkyl halides is 3. The van der Waals surface area contributed by atoms with Crippen LogP contribution in [0.5, 0.6) is 5.75 Å². The monoisotopic (exact) mass is 534 g/mol. The number of pyridine rings is 1. The Morgan fingerprint density at radius 3 is 2.51 bits per heavy atom. The maximum Gasteiger partial charge on any atom is 0.420 e. The van der Waals surface area contributed by atoms with Gasteiger partial charge in [0.05, 0.1) is 30.1 Å². The zero-order valence-electron chi connectivity index (χ0n) is 21.4. The average molecular weight is 535 g/mol. The van der Waals surface area contributed by atoms with Crippen molar-refractivity contribution in [1.82, 2.24) is 14.9 Å². The Balaban J connectivity index is 1.88. The average Bonchev–Trinajstić information content (AvgIpc) is 3.33. The van der Waals surface area contributed by atoms with E-state index in [0.29, 0.717) is 12.1 Å². The van der Waals surface area contributed by atoms with Crippen molar-refractivity contribution in [2.24, 2.45) is 0 Å². The molecular weight excluding hydrogens is 501 g/mol. The van der Waals surface area contributed by atoms with Gasteiger partial charge in [-0.05, 0) is 50.8 Å². The molecule has 0 atom stereocenters. The van der Waals surface area contributed by atoms with Crippen molar-refractivity contribution in [3.63, 3.8) is 0 Å². The zero-order chi connectivity index (χ0) is 26.8. The van der Waals surface area contributed by atoms with E-state index in [-0.39, 0.29) is 29.7 Å². The molecule has 2 heterocycles. The van der Waals surface area contributed by atoms with Gasteiger partial charge in [-0.3, -0.25) is 14.7 Å².